The Bertz CT molecular complexity index is 542. The average Bonchev–Trinajstić information content (AvgIpc) is 2.61. The summed E-state index contributed by atoms with van der Waals surface area (Å²) in [6.45, 7) is 3.85. The van der Waals surface area contributed by atoms with Crippen LogP contribution >= 0.6 is 0 Å². The molecule has 5 heteroatoms. The quantitative estimate of drug-likeness (QED) is 0.793. The minimum atomic E-state index is -4.47. The highest BCUT2D eigenvalue weighted by molar-refractivity contribution is 5.81. The lowest BCUT2D eigenvalue weighted by Gasteiger charge is -2.05. The van der Waals surface area contributed by atoms with Crippen molar-refractivity contribution in [1.82, 2.24) is 5.16 Å². The van der Waals surface area contributed by atoms with Crippen molar-refractivity contribution in [2.45, 2.75) is 32.9 Å². The van der Waals surface area contributed by atoms with Crippen molar-refractivity contribution in [3.8, 4) is 0 Å². The first-order valence-corrected chi connectivity index (χ1v) is 5.39. The molecule has 0 unspecified atom stereocenters. The molecule has 17 heavy (non-hydrogen) atoms. The summed E-state index contributed by atoms with van der Waals surface area (Å²) < 4.78 is 42.7. The van der Waals surface area contributed by atoms with E-state index in [1.165, 1.54) is 6.07 Å². The molecule has 0 saturated carbocycles. The summed E-state index contributed by atoms with van der Waals surface area (Å²) in [6.07, 6.45) is -2.83. The number of benzene rings is 1. The first-order chi connectivity index (χ1) is 7.93. The van der Waals surface area contributed by atoms with Gasteiger partial charge < -0.3 is 4.52 Å². The summed E-state index contributed by atoms with van der Waals surface area (Å²) in [7, 11) is 0. The smallest absolute Gasteiger partial charge is 0.356 e. The van der Waals surface area contributed by atoms with Crippen molar-refractivity contribution < 1.29 is 17.7 Å². The maximum absolute atomic E-state index is 12.6. The highest BCUT2D eigenvalue weighted by Gasteiger charge is 2.37. The lowest BCUT2D eigenvalue weighted by Crippen LogP contribution is -2.05. The summed E-state index contributed by atoms with van der Waals surface area (Å²) >= 11 is 0. The van der Waals surface area contributed by atoms with E-state index in [-0.39, 0.29) is 11.0 Å². The van der Waals surface area contributed by atoms with E-state index in [1.54, 1.807) is 6.07 Å². The standard InChI is InChI=1S/C12H12F3NO/c1-3-4-8-6-9-10(5-7(8)2)17-16-11(9)12(13,14)15/h5-6H,3-4H2,1-2H3. The molecular formula is C12H12F3NO. The molecule has 0 bridgehead atoms. The van der Waals surface area contributed by atoms with E-state index < -0.39 is 11.9 Å². The largest absolute Gasteiger partial charge is 0.437 e. The van der Waals surface area contributed by atoms with E-state index in [1.807, 2.05) is 13.8 Å². The van der Waals surface area contributed by atoms with Crippen molar-refractivity contribution in [2.75, 3.05) is 0 Å². The lowest BCUT2D eigenvalue weighted by molar-refractivity contribution is -0.141. The number of rotatable bonds is 2. The molecule has 2 rings (SSSR count). The van der Waals surface area contributed by atoms with Gasteiger partial charge in [0.05, 0.1) is 5.39 Å². The minimum Gasteiger partial charge on any atom is -0.356 e. The second-order valence-corrected chi connectivity index (χ2v) is 4.05. The molecule has 2 aromatic rings. The minimum absolute atomic E-state index is 0.0477. The number of hydrogen-bond acceptors (Lipinski definition) is 2. The molecule has 2 nitrogen and oxygen atoms in total. The maximum atomic E-state index is 12.6. The molecule has 0 fully saturated rings. The van der Waals surface area contributed by atoms with Crippen LogP contribution in [0.25, 0.3) is 11.0 Å². The average molecular weight is 243 g/mol. The normalized spacial score (nSPS) is 12.3. The zero-order chi connectivity index (χ0) is 12.6. The van der Waals surface area contributed by atoms with Gasteiger partial charge in [-0.05, 0) is 36.6 Å². The van der Waals surface area contributed by atoms with E-state index in [4.69, 9.17) is 4.52 Å². The van der Waals surface area contributed by atoms with Crippen molar-refractivity contribution in [3.63, 3.8) is 0 Å². The van der Waals surface area contributed by atoms with Crippen molar-refractivity contribution in [3.05, 3.63) is 29.0 Å². The van der Waals surface area contributed by atoms with E-state index in [9.17, 15) is 13.2 Å². The fourth-order valence-corrected chi connectivity index (χ4v) is 1.87. The van der Waals surface area contributed by atoms with Crippen molar-refractivity contribution in [2.24, 2.45) is 0 Å². The van der Waals surface area contributed by atoms with Gasteiger partial charge in [-0.1, -0.05) is 18.5 Å². The maximum Gasteiger partial charge on any atom is 0.437 e. The first kappa shape index (κ1) is 12.0. The first-order valence-electron chi connectivity index (χ1n) is 5.39. The molecule has 0 N–H and O–H groups in total. The van der Waals surface area contributed by atoms with Crippen LogP contribution in [0.3, 0.4) is 0 Å². The van der Waals surface area contributed by atoms with Crippen LogP contribution < -0.4 is 0 Å². The Morgan fingerprint density at radius 3 is 2.59 bits per heavy atom. The summed E-state index contributed by atoms with van der Waals surface area (Å²) in [5.74, 6) is 0. The zero-order valence-corrected chi connectivity index (χ0v) is 9.56. The highest BCUT2D eigenvalue weighted by atomic mass is 19.4. The Labute approximate surface area is 96.4 Å². The predicted octanol–water partition coefficient (Wildman–Crippen LogP) is 4.11. The molecule has 0 aliphatic rings. The van der Waals surface area contributed by atoms with Crippen LogP contribution in [-0.4, -0.2) is 5.16 Å². The van der Waals surface area contributed by atoms with Gasteiger partial charge in [-0.25, -0.2) is 0 Å². The molecule has 1 aromatic heterocycles. The Hall–Kier alpha value is -1.52. The zero-order valence-electron chi connectivity index (χ0n) is 9.56. The number of hydrogen-bond donors (Lipinski definition) is 0. The van der Waals surface area contributed by atoms with Gasteiger partial charge in [0.15, 0.2) is 11.3 Å². The van der Waals surface area contributed by atoms with Gasteiger partial charge in [0.2, 0.25) is 0 Å². The topological polar surface area (TPSA) is 26.0 Å². The Morgan fingerprint density at radius 2 is 2.00 bits per heavy atom. The van der Waals surface area contributed by atoms with Gasteiger partial charge in [0.25, 0.3) is 0 Å². The molecule has 1 heterocycles. The van der Waals surface area contributed by atoms with Crippen LogP contribution in [0.2, 0.25) is 0 Å². The summed E-state index contributed by atoms with van der Waals surface area (Å²) in [6, 6.07) is 3.15. The number of halogens is 3. The molecule has 0 aliphatic heterocycles. The van der Waals surface area contributed by atoms with Crippen LogP contribution in [0.4, 0.5) is 13.2 Å². The number of nitrogens with zero attached hydrogens (tertiary/aromatic N) is 1. The Kier molecular flexibility index (Phi) is 2.85. The molecule has 0 saturated heterocycles. The third-order valence-electron chi connectivity index (χ3n) is 2.72. The van der Waals surface area contributed by atoms with Crippen molar-refractivity contribution in [1.29, 1.82) is 0 Å². The van der Waals surface area contributed by atoms with Crippen LogP contribution in [0, 0.1) is 6.92 Å². The number of aryl methyl sites for hydroxylation is 2. The van der Waals surface area contributed by atoms with E-state index in [0.717, 1.165) is 24.0 Å². The van der Waals surface area contributed by atoms with Crippen LogP contribution in [-0.2, 0) is 12.6 Å². The number of alkyl halides is 3. The SMILES string of the molecule is CCCc1cc2c(C(F)(F)F)noc2cc1C. The van der Waals surface area contributed by atoms with Gasteiger partial charge in [0, 0.05) is 0 Å². The molecular weight excluding hydrogens is 231 g/mol. The Balaban J connectivity index is 2.63. The summed E-state index contributed by atoms with van der Waals surface area (Å²) in [5.41, 5.74) is 1.09. The van der Waals surface area contributed by atoms with Crippen LogP contribution in [0.5, 0.6) is 0 Å². The van der Waals surface area contributed by atoms with Crippen LogP contribution in [0.1, 0.15) is 30.2 Å². The molecule has 0 amide bonds. The molecule has 0 atom stereocenters. The van der Waals surface area contributed by atoms with E-state index in [2.05, 4.69) is 5.16 Å². The predicted molar refractivity (Wildman–Crippen MR) is 57.7 cm³/mol. The molecule has 92 valence electrons. The fraction of sp³-hybridized carbons (Fsp3) is 0.417. The van der Waals surface area contributed by atoms with Gasteiger partial charge >= 0.3 is 6.18 Å². The third-order valence-corrected chi connectivity index (χ3v) is 2.72. The number of fused-ring (bicyclic) bond motifs is 1. The van der Waals surface area contributed by atoms with Crippen molar-refractivity contribution >= 4 is 11.0 Å². The van der Waals surface area contributed by atoms with E-state index >= 15 is 0 Å². The summed E-state index contributed by atoms with van der Waals surface area (Å²) in [5, 5.41) is 3.16. The van der Waals surface area contributed by atoms with Gasteiger partial charge in [-0.3, -0.25) is 0 Å². The monoisotopic (exact) mass is 243 g/mol. The molecule has 0 radical (unpaired) electrons. The summed E-state index contributed by atoms with van der Waals surface area (Å²) in [4.78, 5) is 0. The molecule has 1 aromatic carbocycles. The third kappa shape index (κ3) is 2.14. The number of aromatic nitrogens is 1. The van der Waals surface area contributed by atoms with E-state index in [0.29, 0.717) is 0 Å². The van der Waals surface area contributed by atoms with Gasteiger partial charge in [-0.2, -0.15) is 13.2 Å². The van der Waals surface area contributed by atoms with Crippen LogP contribution in [0.15, 0.2) is 16.7 Å². The highest BCUT2D eigenvalue weighted by Crippen LogP contribution is 2.35. The second kappa shape index (κ2) is 4.05. The fourth-order valence-electron chi connectivity index (χ4n) is 1.87. The Morgan fingerprint density at radius 1 is 1.29 bits per heavy atom. The molecule has 0 aliphatic carbocycles. The van der Waals surface area contributed by atoms with Gasteiger partial charge in [-0.15, -0.1) is 0 Å². The second-order valence-electron chi connectivity index (χ2n) is 4.05. The molecule has 0 spiro atoms. The lowest BCUT2D eigenvalue weighted by atomic mass is 10.0. The van der Waals surface area contributed by atoms with Gasteiger partial charge in [0.1, 0.15) is 0 Å².